The van der Waals surface area contributed by atoms with Crippen LogP contribution in [0.1, 0.15) is 52.1 Å². The minimum atomic E-state index is -0.0655. The quantitative estimate of drug-likeness (QED) is 0.914. The van der Waals surface area contributed by atoms with Crippen molar-refractivity contribution in [1.82, 2.24) is 10.3 Å². The summed E-state index contributed by atoms with van der Waals surface area (Å²) in [6.07, 6.45) is 1.80. The summed E-state index contributed by atoms with van der Waals surface area (Å²) in [5, 5.41) is 4.74. The fourth-order valence-corrected chi connectivity index (χ4v) is 4.05. The van der Waals surface area contributed by atoms with Crippen LogP contribution in [-0.2, 0) is 6.42 Å². The second-order valence-electron chi connectivity index (χ2n) is 5.47. The van der Waals surface area contributed by atoms with Crippen LogP contribution in [0.4, 0.5) is 4.39 Å². The average molecular weight is 290 g/mol. The van der Waals surface area contributed by atoms with Crippen molar-refractivity contribution in [3.05, 3.63) is 50.7 Å². The molecule has 0 amide bonds. The van der Waals surface area contributed by atoms with Crippen LogP contribution in [0.2, 0.25) is 0 Å². The van der Waals surface area contributed by atoms with Crippen molar-refractivity contribution >= 4 is 11.3 Å². The second-order valence-corrected chi connectivity index (χ2v) is 6.70. The van der Waals surface area contributed by atoms with E-state index in [0.29, 0.717) is 0 Å². The number of benzene rings is 1. The fraction of sp³-hybridized carbons (Fsp3) is 0.438. The van der Waals surface area contributed by atoms with Crippen LogP contribution < -0.4 is 5.32 Å². The highest BCUT2D eigenvalue weighted by Crippen LogP contribution is 2.35. The highest BCUT2D eigenvalue weighted by molar-refractivity contribution is 7.11. The number of fused-ring (bicyclic) bond motifs is 1. The summed E-state index contributed by atoms with van der Waals surface area (Å²) in [6.45, 7) is 6.25. The maximum absolute atomic E-state index is 13.8. The molecular weight excluding hydrogens is 271 g/mol. The molecule has 0 fully saturated rings. The zero-order valence-corrected chi connectivity index (χ0v) is 12.9. The lowest BCUT2D eigenvalue weighted by molar-refractivity contribution is 0.468. The van der Waals surface area contributed by atoms with E-state index in [9.17, 15) is 4.39 Å². The SMILES string of the molecule is Cc1nc(C)c(C(C)NC2CCc3c(F)cccc32)s1. The number of halogens is 1. The third-order valence-electron chi connectivity index (χ3n) is 4.00. The topological polar surface area (TPSA) is 24.9 Å². The normalized spacial score (nSPS) is 19.1. The Morgan fingerprint density at radius 1 is 1.40 bits per heavy atom. The number of nitrogens with zero attached hydrogens (tertiary/aromatic N) is 1. The largest absolute Gasteiger partial charge is 0.302 e. The van der Waals surface area contributed by atoms with Gasteiger partial charge in [0.25, 0.3) is 0 Å². The summed E-state index contributed by atoms with van der Waals surface area (Å²) < 4.78 is 13.8. The molecule has 2 aromatic rings. The smallest absolute Gasteiger partial charge is 0.126 e. The molecule has 1 aliphatic rings. The number of nitrogens with one attached hydrogen (secondary N) is 1. The molecule has 3 rings (SSSR count). The van der Waals surface area contributed by atoms with E-state index < -0.39 is 0 Å². The van der Waals surface area contributed by atoms with E-state index in [1.807, 2.05) is 13.0 Å². The van der Waals surface area contributed by atoms with E-state index in [2.05, 4.69) is 24.1 Å². The monoisotopic (exact) mass is 290 g/mol. The molecule has 20 heavy (non-hydrogen) atoms. The Bertz CT molecular complexity index is 635. The van der Waals surface area contributed by atoms with E-state index in [-0.39, 0.29) is 17.9 Å². The van der Waals surface area contributed by atoms with E-state index in [4.69, 9.17) is 0 Å². The molecule has 0 saturated heterocycles. The molecule has 0 aliphatic heterocycles. The number of aromatic nitrogens is 1. The van der Waals surface area contributed by atoms with Gasteiger partial charge in [-0.25, -0.2) is 9.37 Å². The van der Waals surface area contributed by atoms with Gasteiger partial charge in [0.2, 0.25) is 0 Å². The summed E-state index contributed by atoms with van der Waals surface area (Å²) in [4.78, 5) is 5.77. The molecule has 1 N–H and O–H groups in total. The third-order valence-corrected chi connectivity index (χ3v) is 5.25. The van der Waals surface area contributed by atoms with Gasteiger partial charge in [-0.1, -0.05) is 12.1 Å². The molecule has 1 heterocycles. The van der Waals surface area contributed by atoms with Crippen LogP contribution in [0.3, 0.4) is 0 Å². The van der Waals surface area contributed by atoms with Gasteiger partial charge in [-0.05, 0) is 50.8 Å². The maximum atomic E-state index is 13.8. The predicted octanol–water partition coefficient (Wildman–Crippen LogP) is 4.24. The predicted molar refractivity (Wildman–Crippen MR) is 80.6 cm³/mol. The number of rotatable bonds is 3. The number of aryl methyl sites for hydroxylation is 2. The molecule has 106 valence electrons. The Morgan fingerprint density at radius 3 is 2.90 bits per heavy atom. The first kappa shape index (κ1) is 13.7. The first-order valence-corrected chi connectivity index (χ1v) is 7.85. The molecule has 1 aliphatic carbocycles. The minimum Gasteiger partial charge on any atom is -0.302 e. The van der Waals surface area contributed by atoms with E-state index in [0.717, 1.165) is 34.7 Å². The van der Waals surface area contributed by atoms with Crippen LogP contribution in [0.5, 0.6) is 0 Å². The second kappa shape index (κ2) is 5.26. The van der Waals surface area contributed by atoms with Crippen molar-refractivity contribution in [3.8, 4) is 0 Å². The van der Waals surface area contributed by atoms with Crippen molar-refractivity contribution in [1.29, 1.82) is 0 Å². The average Bonchev–Trinajstić information content (AvgIpc) is 2.94. The number of hydrogen-bond donors (Lipinski definition) is 1. The fourth-order valence-electron chi connectivity index (χ4n) is 3.11. The van der Waals surface area contributed by atoms with Gasteiger partial charge in [0.1, 0.15) is 5.82 Å². The lowest BCUT2D eigenvalue weighted by Gasteiger charge is -2.20. The lowest BCUT2D eigenvalue weighted by Crippen LogP contribution is -2.22. The van der Waals surface area contributed by atoms with Crippen LogP contribution in [-0.4, -0.2) is 4.98 Å². The Morgan fingerprint density at radius 2 is 2.20 bits per heavy atom. The van der Waals surface area contributed by atoms with Gasteiger partial charge in [-0.2, -0.15) is 0 Å². The first-order chi connectivity index (χ1) is 9.56. The van der Waals surface area contributed by atoms with Crippen molar-refractivity contribution in [3.63, 3.8) is 0 Å². The van der Waals surface area contributed by atoms with Gasteiger partial charge in [-0.3, -0.25) is 0 Å². The van der Waals surface area contributed by atoms with Gasteiger partial charge in [0.15, 0.2) is 0 Å². The summed E-state index contributed by atoms with van der Waals surface area (Å²) in [5.74, 6) is -0.0655. The van der Waals surface area contributed by atoms with Crippen molar-refractivity contribution in [2.45, 2.75) is 45.7 Å². The maximum Gasteiger partial charge on any atom is 0.126 e. The van der Waals surface area contributed by atoms with Crippen LogP contribution in [0, 0.1) is 19.7 Å². The zero-order valence-electron chi connectivity index (χ0n) is 12.0. The third kappa shape index (κ3) is 2.38. The molecule has 2 unspecified atom stereocenters. The lowest BCUT2D eigenvalue weighted by atomic mass is 10.1. The summed E-state index contributed by atoms with van der Waals surface area (Å²) in [6, 6.07) is 5.90. The molecule has 1 aromatic carbocycles. The molecule has 0 saturated carbocycles. The van der Waals surface area contributed by atoms with Gasteiger partial charge in [-0.15, -0.1) is 11.3 Å². The van der Waals surface area contributed by atoms with Crippen molar-refractivity contribution in [2.75, 3.05) is 0 Å². The van der Waals surface area contributed by atoms with Crippen molar-refractivity contribution in [2.24, 2.45) is 0 Å². The molecule has 0 bridgehead atoms. The minimum absolute atomic E-state index is 0.0655. The Hall–Kier alpha value is -1.26. The molecule has 2 atom stereocenters. The van der Waals surface area contributed by atoms with E-state index >= 15 is 0 Å². The molecule has 0 spiro atoms. The molecular formula is C16H19FN2S. The van der Waals surface area contributed by atoms with Gasteiger partial charge in [0.05, 0.1) is 10.7 Å². The van der Waals surface area contributed by atoms with Crippen LogP contribution >= 0.6 is 11.3 Å². The highest BCUT2D eigenvalue weighted by Gasteiger charge is 2.26. The van der Waals surface area contributed by atoms with Gasteiger partial charge < -0.3 is 5.32 Å². The molecule has 1 aromatic heterocycles. The van der Waals surface area contributed by atoms with E-state index in [1.165, 1.54) is 4.88 Å². The van der Waals surface area contributed by atoms with E-state index in [1.54, 1.807) is 23.5 Å². The highest BCUT2D eigenvalue weighted by atomic mass is 32.1. The summed E-state index contributed by atoms with van der Waals surface area (Å²) in [5.41, 5.74) is 3.11. The standard InChI is InChI=1S/C16H19FN2S/c1-9-16(20-11(3)18-9)10(2)19-15-8-7-12-13(15)5-4-6-14(12)17/h4-6,10,15,19H,7-8H2,1-3H3. The van der Waals surface area contributed by atoms with Gasteiger partial charge >= 0.3 is 0 Å². The van der Waals surface area contributed by atoms with Gasteiger partial charge in [0, 0.05) is 17.0 Å². The van der Waals surface area contributed by atoms with Crippen LogP contribution in [0.15, 0.2) is 18.2 Å². The number of hydrogen-bond acceptors (Lipinski definition) is 3. The molecule has 2 nitrogen and oxygen atoms in total. The zero-order chi connectivity index (χ0) is 14.3. The van der Waals surface area contributed by atoms with Crippen molar-refractivity contribution < 1.29 is 4.39 Å². The Kier molecular flexibility index (Phi) is 3.61. The Balaban J connectivity index is 1.81. The van der Waals surface area contributed by atoms with Crippen LogP contribution in [0.25, 0.3) is 0 Å². The molecule has 4 heteroatoms. The molecule has 0 radical (unpaired) electrons. The Labute approximate surface area is 123 Å². The first-order valence-electron chi connectivity index (χ1n) is 7.03. The summed E-state index contributed by atoms with van der Waals surface area (Å²) in [7, 11) is 0. The number of thiazole rings is 1. The summed E-state index contributed by atoms with van der Waals surface area (Å²) >= 11 is 1.74.